The third-order valence-corrected chi connectivity index (χ3v) is 4.97. The summed E-state index contributed by atoms with van der Waals surface area (Å²) in [6, 6.07) is 20.9. The molecule has 1 saturated heterocycles. The van der Waals surface area contributed by atoms with Crippen LogP contribution in [0.25, 0.3) is 10.8 Å². The predicted octanol–water partition coefficient (Wildman–Crippen LogP) is 3.43. The maximum atomic E-state index is 12.5. The van der Waals surface area contributed by atoms with Crippen molar-refractivity contribution in [3.8, 4) is 0 Å². The molecule has 0 bridgehead atoms. The highest BCUT2D eigenvalue weighted by atomic mass is 16.2. The number of amides is 1. The van der Waals surface area contributed by atoms with Crippen LogP contribution in [0.5, 0.6) is 0 Å². The summed E-state index contributed by atoms with van der Waals surface area (Å²) < 4.78 is 0. The standard InChI is InChI=1S/C22H23N3O/c1-16-6-4-10-19(24-16)13-23-20-12-22(26)25(15-20)14-18-9-5-8-17-7-2-3-11-21(17)18/h2-11,20,23H,12-15H2,1H3/t20-/m1/s1. The van der Waals surface area contributed by atoms with Gasteiger partial charge in [0.25, 0.3) is 0 Å². The van der Waals surface area contributed by atoms with Crippen molar-refractivity contribution >= 4 is 16.7 Å². The van der Waals surface area contributed by atoms with Crippen molar-refractivity contribution in [1.29, 1.82) is 0 Å². The number of nitrogens with zero attached hydrogens (tertiary/aromatic N) is 2. The van der Waals surface area contributed by atoms with Crippen LogP contribution in [0.4, 0.5) is 0 Å². The lowest BCUT2D eigenvalue weighted by Crippen LogP contribution is -2.32. The molecular weight excluding hydrogens is 322 g/mol. The summed E-state index contributed by atoms with van der Waals surface area (Å²) in [5.41, 5.74) is 3.24. The maximum Gasteiger partial charge on any atom is 0.224 e. The molecule has 0 radical (unpaired) electrons. The Bertz CT molecular complexity index is 932. The monoisotopic (exact) mass is 345 g/mol. The number of nitrogens with one attached hydrogen (secondary N) is 1. The summed E-state index contributed by atoms with van der Waals surface area (Å²) >= 11 is 0. The van der Waals surface area contributed by atoms with E-state index in [0.717, 1.165) is 17.9 Å². The van der Waals surface area contributed by atoms with Gasteiger partial charge in [-0.05, 0) is 35.4 Å². The highest BCUT2D eigenvalue weighted by molar-refractivity contribution is 5.86. The van der Waals surface area contributed by atoms with E-state index in [-0.39, 0.29) is 11.9 Å². The Morgan fingerprint density at radius 1 is 1.08 bits per heavy atom. The molecule has 0 unspecified atom stereocenters. The second kappa shape index (κ2) is 7.26. The lowest BCUT2D eigenvalue weighted by Gasteiger charge is -2.18. The van der Waals surface area contributed by atoms with Gasteiger partial charge in [-0.25, -0.2) is 0 Å². The lowest BCUT2D eigenvalue weighted by atomic mass is 10.0. The van der Waals surface area contributed by atoms with Crippen LogP contribution >= 0.6 is 0 Å². The van der Waals surface area contributed by atoms with Crippen molar-refractivity contribution in [2.45, 2.75) is 32.5 Å². The molecule has 2 heterocycles. The smallest absolute Gasteiger partial charge is 0.224 e. The molecule has 4 rings (SSSR count). The lowest BCUT2D eigenvalue weighted by molar-refractivity contribution is -0.128. The molecule has 1 fully saturated rings. The van der Waals surface area contributed by atoms with Crippen molar-refractivity contribution in [1.82, 2.24) is 15.2 Å². The van der Waals surface area contributed by atoms with E-state index in [2.05, 4.69) is 46.7 Å². The zero-order chi connectivity index (χ0) is 17.9. The molecule has 0 saturated carbocycles. The van der Waals surface area contributed by atoms with E-state index in [1.54, 1.807) is 0 Å². The quantitative estimate of drug-likeness (QED) is 0.770. The van der Waals surface area contributed by atoms with Gasteiger partial charge in [-0.1, -0.05) is 48.5 Å². The minimum atomic E-state index is 0.180. The highest BCUT2D eigenvalue weighted by Crippen LogP contribution is 2.22. The largest absolute Gasteiger partial charge is 0.337 e. The summed E-state index contributed by atoms with van der Waals surface area (Å²) in [6.07, 6.45) is 0.552. The predicted molar refractivity (Wildman–Crippen MR) is 104 cm³/mol. The molecule has 0 spiro atoms. The van der Waals surface area contributed by atoms with Crippen LogP contribution in [0.1, 0.15) is 23.4 Å². The first-order chi connectivity index (χ1) is 12.7. The summed E-state index contributed by atoms with van der Waals surface area (Å²) in [5.74, 6) is 0.215. The van der Waals surface area contributed by atoms with E-state index in [9.17, 15) is 4.79 Å². The number of carbonyl (C=O) groups is 1. The average Bonchev–Trinajstić information content (AvgIpc) is 3.00. The molecule has 3 aromatic rings. The van der Waals surface area contributed by atoms with Gasteiger partial charge in [-0.2, -0.15) is 0 Å². The molecule has 2 aromatic carbocycles. The minimum Gasteiger partial charge on any atom is -0.337 e. The Morgan fingerprint density at radius 2 is 1.88 bits per heavy atom. The van der Waals surface area contributed by atoms with Gasteiger partial charge in [0.15, 0.2) is 0 Å². The number of hydrogen-bond acceptors (Lipinski definition) is 3. The fourth-order valence-corrected chi connectivity index (χ4v) is 3.64. The van der Waals surface area contributed by atoms with Gasteiger partial charge in [0, 0.05) is 37.8 Å². The van der Waals surface area contributed by atoms with Crippen molar-refractivity contribution in [3.05, 3.63) is 77.6 Å². The Morgan fingerprint density at radius 3 is 2.77 bits per heavy atom. The molecule has 4 nitrogen and oxygen atoms in total. The van der Waals surface area contributed by atoms with Gasteiger partial charge >= 0.3 is 0 Å². The van der Waals surface area contributed by atoms with Crippen LogP contribution in [0, 0.1) is 6.92 Å². The number of carbonyl (C=O) groups excluding carboxylic acids is 1. The van der Waals surface area contributed by atoms with E-state index in [0.29, 0.717) is 19.5 Å². The van der Waals surface area contributed by atoms with Gasteiger partial charge in [0.1, 0.15) is 0 Å². The molecule has 26 heavy (non-hydrogen) atoms. The molecule has 1 amide bonds. The number of aromatic nitrogens is 1. The van der Waals surface area contributed by atoms with E-state index in [1.165, 1.54) is 16.3 Å². The third kappa shape index (κ3) is 3.60. The first kappa shape index (κ1) is 16.7. The highest BCUT2D eigenvalue weighted by Gasteiger charge is 2.29. The van der Waals surface area contributed by atoms with E-state index < -0.39 is 0 Å². The summed E-state index contributed by atoms with van der Waals surface area (Å²) in [4.78, 5) is 18.9. The minimum absolute atomic E-state index is 0.180. The Kier molecular flexibility index (Phi) is 4.67. The fraction of sp³-hybridized carbons (Fsp3) is 0.273. The molecule has 1 atom stereocenters. The molecular formula is C22H23N3O. The molecule has 4 heteroatoms. The summed E-state index contributed by atoms with van der Waals surface area (Å²) in [5, 5.41) is 5.93. The molecule has 0 aliphatic carbocycles. The second-order valence-corrected chi connectivity index (χ2v) is 6.96. The summed E-state index contributed by atoms with van der Waals surface area (Å²) in [7, 11) is 0. The van der Waals surface area contributed by atoms with E-state index in [4.69, 9.17) is 0 Å². The van der Waals surface area contributed by atoms with Crippen LogP contribution < -0.4 is 5.32 Å². The number of pyridine rings is 1. The van der Waals surface area contributed by atoms with Crippen molar-refractivity contribution in [2.75, 3.05) is 6.54 Å². The first-order valence-electron chi connectivity index (χ1n) is 9.09. The SMILES string of the molecule is Cc1cccc(CN[C@@H]2CC(=O)N(Cc3cccc4ccccc34)C2)n1. The zero-order valence-corrected chi connectivity index (χ0v) is 15.0. The van der Waals surface area contributed by atoms with Crippen LogP contribution in [-0.4, -0.2) is 28.4 Å². The van der Waals surface area contributed by atoms with Crippen LogP contribution in [0.3, 0.4) is 0 Å². The number of benzene rings is 2. The van der Waals surface area contributed by atoms with Crippen molar-refractivity contribution < 1.29 is 4.79 Å². The number of aryl methyl sites for hydroxylation is 1. The third-order valence-electron chi connectivity index (χ3n) is 4.97. The molecule has 1 aromatic heterocycles. The van der Waals surface area contributed by atoms with Crippen molar-refractivity contribution in [3.63, 3.8) is 0 Å². The zero-order valence-electron chi connectivity index (χ0n) is 15.0. The summed E-state index contributed by atoms with van der Waals surface area (Å²) in [6.45, 7) is 4.10. The van der Waals surface area contributed by atoms with Crippen LogP contribution in [-0.2, 0) is 17.9 Å². The molecule has 1 aliphatic heterocycles. The average molecular weight is 345 g/mol. The molecule has 1 N–H and O–H groups in total. The van der Waals surface area contributed by atoms with Gasteiger partial charge < -0.3 is 10.2 Å². The topological polar surface area (TPSA) is 45.2 Å². The van der Waals surface area contributed by atoms with Gasteiger partial charge in [-0.3, -0.25) is 9.78 Å². The Balaban J connectivity index is 1.41. The van der Waals surface area contributed by atoms with Gasteiger partial charge in [-0.15, -0.1) is 0 Å². The van der Waals surface area contributed by atoms with Crippen molar-refractivity contribution in [2.24, 2.45) is 0 Å². The van der Waals surface area contributed by atoms with Gasteiger partial charge in [0.2, 0.25) is 5.91 Å². The van der Waals surface area contributed by atoms with Gasteiger partial charge in [0.05, 0.1) is 5.69 Å². The maximum absolute atomic E-state index is 12.5. The van der Waals surface area contributed by atoms with Crippen LogP contribution in [0.2, 0.25) is 0 Å². The number of likely N-dealkylation sites (tertiary alicyclic amines) is 1. The first-order valence-corrected chi connectivity index (χ1v) is 9.09. The molecule has 132 valence electrons. The van der Waals surface area contributed by atoms with Crippen LogP contribution in [0.15, 0.2) is 60.7 Å². The Labute approximate surface area is 153 Å². The Hall–Kier alpha value is -2.72. The number of hydrogen-bond donors (Lipinski definition) is 1. The number of fused-ring (bicyclic) bond motifs is 1. The fourth-order valence-electron chi connectivity index (χ4n) is 3.64. The second-order valence-electron chi connectivity index (χ2n) is 6.96. The van der Waals surface area contributed by atoms with E-state index in [1.807, 2.05) is 36.1 Å². The van der Waals surface area contributed by atoms with E-state index >= 15 is 0 Å². The normalized spacial score (nSPS) is 17.2. The number of rotatable bonds is 5. The molecule has 1 aliphatic rings.